The molecule has 0 spiro atoms. The molecule has 0 bridgehead atoms. The molecule has 0 radical (unpaired) electrons. The molecule has 2 N–H and O–H groups in total. The number of carboxylic acid groups (broad SMARTS) is 1. The lowest BCUT2D eigenvalue weighted by Crippen LogP contribution is -2.28. The Hall–Kier alpha value is -2.65. The van der Waals surface area contributed by atoms with Crippen LogP contribution in [0.5, 0.6) is 0 Å². The van der Waals surface area contributed by atoms with E-state index in [9.17, 15) is 13.2 Å². The van der Waals surface area contributed by atoms with Gasteiger partial charge in [0.2, 0.25) is 0 Å². The lowest BCUT2D eigenvalue weighted by molar-refractivity contribution is 0.201. The minimum atomic E-state index is -4.19. The van der Waals surface area contributed by atoms with E-state index < -0.39 is 16.1 Å². The molecule has 1 aromatic carbocycles. The first kappa shape index (κ1) is 24.0. The highest BCUT2D eigenvalue weighted by Gasteiger charge is 2.28. The summed E-state index contributed by atoms with van der Waals surface area (Å²) < 4.78 is 29.4. The van der Waals surface area contributed by atoms with Crippen LogP contribution in [-0.4, -0.2) is 29.2 Å². The zero-order chi connectivity index (χ0) is 23.6. The maximum atomic E-state index is 12.8. The van der Waals surface area contributed by atoms with Crippen LogP contribution in [0.4, 0.5) is 4.79 Å². The van der Waals surface area contributed by atoms with Crippen molar-refractivity contribution < 1.29 is 18.3 Å². The number of hydrogen-bond donors (Lipinski definition) is 2. The average Bonchev–Trinajstić information content (AvgIpc) is 3.27. The zero-order valence-electron chi connectivity index (χ0n) is 18.9. The second-order valence-corrected chi connectivity index (χ2v) is 11.6. The minimum Gasteiger partial charge on any atom is -0.464 e. The van der Waals surface area contributed by atoms with E-state index in [-0.39, 0.29) is 4.21 Å². The zero-order valence-corrected chi connectivity index (χ0v) is 20.5. The third-order valence-corrected chi connectivity index (χ3v) is 8.28. The summed E-state index contributed by atoms with van der Waals surface area (Å²) in [5.74, 6) is 1.66. The molecule has 0 fully saturated rings. The van der Waals surface area contributed by atoms with Crippen molar-refractivity contribution in [1.29, 1.82) is 0 Å². The number of imidazole rings is 1. The second-order valence-electron chi connectivity index (χ2n) is 8.59. The van der Waals surface area contributed by atoms with Crippen LogP contribution in [0.15, 0.2) is 40.9 Å². The van der Waals surface area contributed by atoms with Crippen LogP contribution in [0.25, 0.3) is 11.1 Å². The Morgan fingerprint density at radius 2 is 1.84 bits per heavy atom. The van der Waals surface area contributed by atoms with E-state index in [4.69, 9.17) is 5.11 Å². The Kier molecular flexibility index (Phi) is 7.09. The Morgan fingerprint density at radius 1 is 1.19 bits per heavy atom. The van der Waals surface area contributed by atoms with Gasteiger partial charge < -0.3 is 9.67 Å². The Labute approximate surface area is 193 Å². The number of rotatable bonds is 8. The highest BCUT2D eigenvalue weighted by Crippen LogP contribution is 2.40. The number of hydrogen-bond acceptors (Lipinski definition) is 5. The molecule has 2 heterocycles. The van der Waals surface area contributed by atoms with Crippen LogP contribution in [0.2, 0.25) is 0 Å². The molecule has 0 aliphatic heterocycles. The summed E-state index contributed by atoms with van der Waals surface area (Å²) in [5.41, 5.74) is 3.25. The second kappa shape index (κ2) is 9.46. The van der Waals surface area contributed by atoms with Crippen LogP contribution in [0, 0.1) is 12.8 Å². The Morgan fingerprint density at radius 3 is 2.41 bits per heavy atom. The molecule has 0 atom stereocenters. The lowest BCUT2D eigenvalue weighted by atomic mass is 9.99. The number of carbonyl (C=O) groups is 1. The number of aromatic nitrogens is 2. The molecule has 3 aromatic rings. The van der Waals surface area contributed by atoms with Gasteiger partial charge >= 0.3 is 6.09 Å². The molecule has 0 unspecified atom stereocenters. The van der Waals surface area contributed by atoms with Gasteiger partial charge in [0.25, 0.3) is 10.0 Å². The first-order chi connectivity index (χ1) is 15.0. The van der Waals surface area contributed by atoms with Crippen molar-refractivity contribution >= 4 is 27.5 Å². The maximum Gasteiger partial charge on any atom is 0.418 e. The van der Waals surface area contributed by atoms with Gasteiger partial charge in [-0.1, -0.05) is 52.0 Å². The predicted molar refractivity (Wildman–Crippen MR) is 127 cm³/mol. The van der Waals surface area contributed by atoms with Gasteiger partial charge in [-0.15, -0.1) is 11.3 Å². The molecule has 9 heteroatoms. The summed E-state index contributed by atoms with van der Waals surface area (Å²) in [6.45, 7) is 10.9. The summed E-state index contributed by atoms with van der Waals surface area (Å²) in [4.78, 5) is 16.5. The van der Waals surface area contributed by atoms with Crippen molar-refractivity contribution in [3.8, 4) is 11.1 Å². The first-order valence-corrected chi connectivity index (χ1v) is 12.8. The van der Waals surface area contributed by atoms with Crippen molar-refractivity contribution in [1.82, 2.24) is 14.3 Å². The molecule has 3 rings (SSSR count). The largest absolute Gasteiger partial charge is 0.464 e. The molecule has 0 aliphatic rings. The number of thiophene rings is 1. The van der Waals surface area contributed by atoms with Crippen LogP contribution >= 0.6 is 11.3 Å². The van der Waals surface area contributed by atoms with Crippen molar-refractivity contribution in [2.45, 2.75) is 57.7 Å². The van der Waals surface area contributed by atoms with Gasteiger partial charge in [-0.05, 0) is 36.0 Å². The van der Waals surface area contributed by atoms with E-state index >= 15 is 0 Å². The lowest BCUT2D eigenvalue weighted by Gasteiger charge is -2.12. The number of nitrogens with one attached hydrogen (secondary N) is 1. The molecule has 7 nitrogen and oxygen atoms in total. The van der Waals surface area contributed by atoms with E-state index in [1.807, 2.05) is 37.4 Å². The Bertz CT molecular complexity index is 1210. The van der Waals surface area contributed by atoms with Gasteiger partial charge in [-0.2, -0.15) is 0 Å². The van der Waals surface area contributed by atoms with Crippen molar-refractivity contribution in [3.63, 3.8) is 0 Å². The molecule has 172 valence electrons. The molecule has 1 amide bonds. The fourth-order valence-electron chi connectivity index (χ4n) is 3.71. The molecule has 0 aliphatic carbocycles. The Balaban J connectivity index is 2.01. The van der Waals surface area contributed by atoms with E-state index in [0.717, 1.165) is 45.1 Å². The summed E-state index contributed by atoms with van der Waals surface area (Å²) in [5, 5.41) is 9.02. The summed E-state index contributed by atoms with van der Waals surface area (Å²) in [7, 11) is -4.19. The SMILES string of the molecule is Cc1c(CC(C)C)sc(S(=O)(=O)NC(=O)O)c1-c1ccc(Cn2ccnc2C(C)C)cc1. The van der Waals surface area contributed by atoms with Gasteiger partial charge in [-0.3, -0.25) is 0 Å². The van der Waals surface area contributed by atoms with Crippen molar-refractivity contribution in [2.24, 2.45) is 5.92 Å². The van der Waals surface area contributed by atoms with E-state index in [1.165, 1.54) is 0 Å². The van der Waals surface area contributed by atoms with Crippen LogP contribution in [0.1, 0.15) is 55.4 Å². The third-order valence-electron chi connectivity index (χ3n) is 5.13. The monoisotopic (exact) mass is 475 g/mol. The van der Waals surface area contributed by atoms with E-state index in [2.05, 4.69) is 37.2 Å². The summed E-state index contributed by atoms with van der Waals surface area (Å²) >= 11 is 1.15. The number of benzene rings is 1. The fraction of sp³-hybridized carbons (Fsp3) is 0.391. The maximum absolute atomic E-state index is 12.8. The van der Waals surface area contributed by atoms with Crippen LogP contribution < -0.4 is 4.72 Å². The molecular weight excluding hydrogens is 446 g/mol. The van der Waals surface area contributed by atoms with Gasteiger partial charge in [0.15, 0.2) is 0 Å². The van der Waals surface area contributed by atoms with E-state index in [1.54, 1.807) is 10.9 Å². The van der Waals surface area contributed by atoms with Crippen LogP contribution in [-0.2, 0) is 23.0 Å². The first-order valence-electron chi connectivity index (χ1n) is 10.5. The molecular formula is C23H29N3O4S2. The fourth-order valence-corrected chi connectivity index (χ4v) is 6.71. The van der Waals surface area contributed by atoms with Gasteiger partial charge in [0.05, 0.1) is 0 Å². The average molecular weight is 476 g/mol. The van der Waals surface area contributed by atoms with Gasteiger partial charge in [0, 0.05) is 35.3 Å². The summed E-state index contributed by atoms with van der Waals surface area (Å²) in [6.07, 6.45) is 2.88. The standard InChI is InChI=1S/C23H29N3O4S2/c1-14(2)12-19-16(5)20(22(31-19)32(29,30)25-23(27)28)18-8-6-17(7-9-18)13-26-11-10-24-21(26)15(3)4/h6-11,14-15,25H,12-13H2,1-5H3,(H,27,28). The normalized spacial score (nSPS) is 12.0. The highest BCUT2D eigenvalue weighted by molar-refractivity contribution is 7.92. The van der Waals surface area contributed by atoms with E-state index in [0.29, 0.717) is 23.9 Å². The topological polar surface area (TPSA) is 101 Å². The number of sulfonamides is 1. The molecule has 32 heavy (non-hydrogen) atoms. The predicted octanol–water partition coefficient (Wildman–Crippen LogP) is 5.25. The van der Waals surface area contributed by atoms with Gasteiger partial charge in [0.1, 0.15) is 10.0 Å². The summed E-state index contributed by atoms with van der Waals surface area (Å²) in [6, 6.07) is 7.74. The minimum absolute atomic E-state index is 0.0394. The van der Waals surface area contributed by atoms with Crippen molar-refractivity contribution in [2.75, 3.05) is 0 Å². The molecule has 2 aromatic heterocycles. The van der Waals surface area contributed by atoms with Gasteiger partial charge in [-0.25, -0.2) is 22.9 Å². The van der Waals surface area contributed by atoms with Crippen molar-refractivity contribution in [3.05, 3.63) is 58.5 Å². The number of nitrogens with zero attached hydrogens (tertiary/aromatic N) is 2. The molecule has 0 saturated carbocycles. The third kappa shape index (κ3) is 5.21. The molecule has 0 saturated heterocycles. The highest BCUT2D eigenvalue weighted by atomic mass is 32.2. The number of amides is 1. The smallest absolute Gasteiger partial charge is 0.418 e. The quantitative estimate of drug-likeness (QED) is 0.463. The van der Waals surface area contributed by atoms with Crippen LogP contribution in [0.3, 0.4) is 0 Å².